The van der Waals surface area contributed by atoms with E-state index < -0.39 is 11.9 Å². The number of hydrogen-bond acceptors (Lipinski definition) is 6. The van der Waals surface area contributed by atoms with Gasteiger partial charge < -0.3 is 14.5 Å². The van der Waals surface area contributed by atoms with Gasteiger partial charge in [0.15, 0.2) is 0 Å². The molecule has 0 aromatic carbocycles. The number of anilines is 1. The third-order valence-electron chi connectivity index (χ3n) is 4.59. The van der Waals surface area contributed by atoms with Crippen LogP contribution >= 0.6 is 0 Å². The Labute approximate surface area is 142 Å². The number of carbonyl (C=O) groups is 2. The van der Waals surface area contributed by atoms with E-state index in [-0.39, 0.29) is 6.61 Å². The van der Waals surface area contributed by atoms with E-state index in [4.69, 9.17) is 4.74 Å². The molecule has 3 rings (SSSR count). The van der Waals surface area contributed by atoms with Crippen molar-refractivity contribution in [3.05, 3.63) is 17.1 Å². The first-order chi connectivity index (χ1) is 11.6. The Morgan fingerprint density at radius 1 is 1.08 bits per heavy atom. The summed E-state index contributed by atoms with van der Waals surface area (Å²) in [6.07, 6.45) is 4.40. The third-order valence-corrected chi connectivity index (χ3v) is 4.59. The lowest BCUT2D eigenvalue weighted by molar-refractivity contribution is -0.160. The van der Waals surface area contributed by atoms with Gasteiger partial charge in [-0.1, -0.05) is 0 Å². The van der Waals surface area contributed by atoms with E-state index in [0.29, 0.717) is 26.2 Å². The molecular formula is C17H24N4O3. The maximum Gasteiger partial charge on any atom is 0.397 e. The molecule has 1 aliphatic heterocycles. The fourth-order valence-electron chi connectivity index (χ4n) is 3.40. The fraction of sp³-hybridized carbons (Fsp3) is 0.647. The third kappa shape index (κ3) is 3.34. The second kappa shape index (κ2) is 7.15. The van der Waals surface area contributed by atoms with Crippen molar-refractivity contribution in [1.82, 2.24) is 14.9 Å². The summed E-state index contributed by atoms with van der Waals surface area (Å²) in [6, 6.07) is 0. The number of carbonyl (C=O) groups excluding carboxylic acids is 2. The molecule has 1 saturated heterocycles. The van der Waals surface area contributed by atoms with Crippen molar-refractivity contribution in [3.63, 3.8) is 0 Å². The van der Waals surface area contributed by atoms with Crippen molar-refractivity contribution in [2.24, 2.45) is 0 Å². The normalized spacial score (nSPS) is 17.4. The molecule has 1 aliphatic carbocycles. The van der Waals surface area contributed by atoms with E-state index in [1.807, 2.05) is 6.92 Å². The number of piperazine rings is 1. The van der Waals surface area contributed by atoms with Gasteiger partial charge in [0.1, 0.15) is 11.6 Å². The zero-order valence-electron chi connectivity index (χ0n) is 14.4. The van der Waals surface area contributed by atoms with E-state index in [1.165, 1.54) is 24.1 Å². The van der Waals surface area contributed by atoms with Crippen LogP contribution in [0.15, 0.2) is 0 Å². The van der Waals surface area contributed by atoms with Crippen LogP contribution in [0.1, 0.15) is 36.8 Å². The van der Waals surface area contributed by atoms with Crippen LogP contribution in [0.25, 0.3) is 0 Å². The second-order valence-electron chi connectivity index (χ2n) is 6.23. The van der Waals surface area contributed by atoms with Crippen LogP contribution in [0, 0.1) is 6.92 Å². The first-order valence-electron chi connectivity index (χ1n) is 8.67. The van der Waals surface area contributed by atoms with Gasteiger partial charge in [-0.3, -0.25) is 4.79 Å². The van der Waals surface area contributed by atoms with Crippen molar-refractivity contribution >= 4 is 17.7 Å². The number of aromatic nitrogens is 2. The van der Waals surface area contributed by atoms with Crippen LogP contribution in [0.4, 0.5) is 5.82 Å². The molecule has 24 heavy (non-hydrogen) atoms. The Morgan fingerprint density at radius 3 is 2.50 bits per heavy atom. The van der Waals surface area contributed by atoms with Crippen molar-refractivity contribution in [2.45, 2.75) is 39.5 Å². The summed E-state index contributed by atoms with van der Waals surface area (Å²) in [5.41, 5.74) is 2.44. The summed E-state index contributed by atoms with van der Waals surface area (Å²) in [5, 5.41) is 0. The van der Waals surface area contributed by atoms with Crippen molar-refractivity contribution in [3.8, 4) is 0 Å². The predicted octanol–water partition coefficient (Wildman–Crippen LogP) is 0.876. The van der Waals surface area contributed by atoms with Gasteiger partial charge in [0.25, 0.3) is 0 Å². The van der Waals surface area contributed by atoms with E-state index >= 15 is 0 Å². The van der Waals surface area contributed by atoms with Gasteiger partial charge in [0.05, 0.1) is 6.61 Å². The maximum absolute atomic E-state index is 12.0. The number of esters is 1. The van der Waals surface area contributed by atoms with E-state index in [1.54, 1.807) is 11.8 Å². The van der Waals surface area contributed by atoms with Gasteiger partial charge in [0, 0.05) is 37.4 Å². The van der Waals surface area contributed by atoms with Crippen LogP contribution in [0.5, 0.6) is 0 Å². The van der Waals surface area contributed by atoms with Gasteiger partial charge >= 0.3 is 11.9 Å². The van der Waals surface area contributed by atoms with Crippen molar-refractivity contribution in [1.29, 1.82) is 0 Å². The van der Waals surface area contributed by atoms with Gasteiger partial charge in [-0.2, -0.15) is 0 Å². The predicted molar refractivity (Wildman–Crippen MR) is 88.8 cm³/mol. The quantitative estimate of drug-likeness (QED) is 0.591. The molecule has 1 aromatic heterocycles. The molecule has 0 N–H and O–H groups in total. The fourth-order valence-corrected chi connectivity index (χ4v) is 3.40. The first kappa shape index (κ1) is 16.7. The SMILES string of the molecule is CCOC(=O)C(=O)N1CCN(c2nc(C)nc3c2CCCC3)CC1. The molecule has 0 spiro atoms. The van der Waals surface area contributed by atoms with Gasteiger partial charge in [-0.25, -0.2) is 14.8 Å². The molecule has 1 fully saturated rings. The van der Waals surface area contributed by atoms with E-state index in [9.17, 15) is 9.59 Å². The molecule has 2 aliphatic rings. The summed E-state index contributed by atoms with van der Waals surface area (Å²) < 4.78 is 4.79. The second-order valence-corrected chi connectivity index (χ2v) is 6.23. The monoisotopic (exact) mass is 332 g/mol. The molecule has 0 saturated carbocycles. The molecule has 1 amide bonds. The molecule has 0 radical (unpaired) electrons. The highest BCUT2D eigenvalue weighted by Gasteiger charge is 2.29. The molecule has 0 unspecified atom stereocenters. The average Bonchev–Trinajstić information content (AvgIpc) is 2.60. The molecule has 0 atom stereocenters. The summed E-state index contributed by atoms with van der Waals surface area (Å²) >= 11 is 0. The van der Waals surface area contributed by atoms with Gasteiger partial charge in [-0.05, 0) is 39.5 Å². The topological polar surface area (TPSA) is 75.6 Å². The number of hydrogen-bond donors (Lipinski definition) is 0. The Kier molecular flexibility index (Phi) is 4.97. The minimum atomic E-state index is -0.763. The Hall–Kier alpha value is -2.18. The first-order valence-corrected chi connectivity index (χ1v) is 8.67. The van der Waals surface area contributed by atoms with Crippen molar-refractivity contribution in [2.75, 3.05) is 37.7 Å². The van der Waals surface area contributed by atoms with Crippen LogP contribution in [0.3, 0.4) is 0 Å². The molecular weight excluding hydrogens is 308 g/mol. The largest absolute Gasteiger partial charge is 0.459 e. The summed E-state index contributed by atoms with van der Waals surface area (Å²) in [7, 11) is 0. The number of ether oxygens (including phenoxy) is 1. The van der Waals surface area contributed by atoms with E-state index in [0.717, 1.165) is 24.5 Å². The molecule has 130 valence electrons. The van der Waals surface area contributed by atoms with Crippen LogP contribution < -0.4 is 4.90 Å². The minimum absolute atomic E-state index is 0.219. The Bertz CT molecular complexity index is 639. The number of amides is 1. The van der Waals surface area contributed by atoms with Gasteiger partial charge in [-0.15, -0.1) is 0 Å². The number of nitrogens with zero attached hydrogens (tertiary/aromatic N) is 4. The average molecular weight is 332 g/mol. The zero-order chi connectivity index (χ0) is 17.1. The molecule has 7 nitrogen and oxygen atoms in total. The lowest BCUT2D eigenvalue weighted by Crippen LogP contribution is -2.51. The van der Waals surface area contributed by atoms with Gasteiger partial charge in [0.2, 0.25) is 0 Å². The Balaban J connectivity index is 1.70. The van der Waals surface area contributed by atoms with E-state index in [2.05, 4.69) is 14.9 Å². The smallest absolute Gasteiger partial charge is 0.397 e. The standard InChI is InChI=1S/C17H24N4O3/c1-3-24-17(23)16(22)21-10-8-20(9-11-21)15-13-6-4-5-7-14(13)18-12(2)19-15/h3-11H2,1-2H3. The Morgan fingerprint density at radius 2 is 1.79 bits per heavy atom. The molecule has 2 heterocycles. The molecule has 0 bridgehead atoms. The highest BCUT2D eigenvalue weighted by molar-refractivity contribution is 6.32. The summed E-state index contributed by atoms with van der Waals surface area (Å²) in [5.74, 6) is 0.509. The molecule has 1 aromatic rings. The lowest BCUT2D eigenvalue weighted by atomic mass is 9.96. The minimum Gasteiger partial charge on any atom is -0.459 e. The number of fused-ring (bicyclic) bond motifs is 1. The maximum atomic E-state index is 12.0. The summed E-state index contributed by atoms with van der Waals surface area (Å²) in [4.78, 5) is 36.6. The molecule has 7 heteroatoms. The summed E-state index contributed by atoms with van der Waals surface area (Å²) in [6.45, 7) is 6.21. The lowest BCUT2D eigenvalue weighted by Gasteiger charge is -2.36. The highest BCUT2D eigenvalue weighted by Crippen LogP contribution is 2.28. The number of rotatable bonds is 2. The van der Waals surface area contributed by atoms with Crippen LogP contribution in [-0.2, 0) is 27.2 Å². The highest BCUT2D eigenvalue weighted by atomic mass is 16.5. The van der Waals surface area contributed by atoms with Crippen molar-refractivity contribution < 1.29 is 14.3 Å². The van der Waals surface area contributed by atoms with Crippen LogP contribution in [0.2, 0.25) is 0 Å². The van der Waals surface area contributed by atoms with Crippen LogP contribution in [-0.4, -0.2) is 59.5 Å². The number of aryl methyl sites for hydroxylation is 2. The zero-order valence-corrected chi connectivity index (χ0v) is 14.4.